The molecule has 2 heterocycles. The third-order valence-electron chi connectivity index (χ3n) is 9.47. The van der Waals surface area contributed by atoms with Gasteiger partial charge >= 0.3 is 0 Å². The molecule has 0 amide bonds. The second-order valence-corrected chi connectivity index (χ2v) is 12.0. The van der Waals surface area contributed by atoms with E-state index in [0.717, 1.165) is 49.4 Å². The van der Waals surface area contributed by atoms with Crippen LogP contribution >= 0.6 is 0 Å². The van der Waals surface area contributed by atoms with Crippen molar-refractivity contribution in [1.29, 1.82) is 0 Å². The van der Waals surface area contributed by atoms with Crippen molar-refractivity contribution < 1.29 is 8.83 Å². The first-order valence-electron chi connectivity index (χ1n) is 15.7. The van der Waals surface area contributed by atoms with Gasteiger partial charge in [0.1, 0.15) is 22.3 Å². The second-order valence-electron chi connectivity index (χ2n) is 12.0. The van der Waals surface area contributed by atoms with Gasteiger partial charge < -0.3 is 8.83 Å². The zero-order valence-corrected chi connectivity index (χ0v) is 24.8. The lowest BCUT2D eigenvalue weighted by atomic mass is 9.84. The molecule has 0 saturated heterocycles. The Morgan fingerprint density at radius 1 is 0.304 bits per heavy atom. The van der Waals surface area contributed by atoms with Gasteiger partial charge in [0.2, 0.25) is 0 Å². The Morgan fingerprint density at radius 2 is 0.761 bits per heavy atom. The van der Waals surface area contributed by atoms with Gasteiger partial charge in [-0.1, -0.05) is 140 Å². The first-order valence-corrected chi connectivity index (χ1v) is 15.7. The summed E-state index contributed by atoms with van der Waals surface area (Å²) in [6.07, 6.45) is 0. The van der Waals surface area contributed by atoms with E-state index < -0.39 is 0 Å². The standard InChI is InChI=1S/C44H26O2/c1-2-12-27(13-3-1)28-22-24-29(25-23-28)40-30-14-4-6-16-32(30)41(33-17-7-5-15-31(33)40)36-26-39-43(35-19-9-10-20-37(35)45-39)44-42(36)34-18-8-11-21-38(34)46-44/h1-26H. The van der Waals surface area contributed by atoms with Crippen LogP contribution in [0.4, 0.5) is 0 Å². The van der Waals surface area contributed by atoms with E-state index in [1.165, 1.54) is 49.4 Å². The highest BCUT2D eigenvalue weighted by Crippen LogP contribution is 2.49. The normalized spacial score (nSPS) is 11.9. The van der Waals surface area contributed by atoms with Crippen LogP contribution in [0.5, 0.6) is 0 Å². The van der Waals surface area contributed by atoms with Crippen molar-refractivity contribution in [2.24, 2.45) is 0 Å². The topological polar surface area (TPSA) is 26.3 Å². The summed E-state index contributed by atoms with van der Waals surface area (Å²) in [5.74, 6) is 0. The fraction of sp³-hybridized carbons (Fsp3) is 0. The highest BCUT2D eigenvalue weighted by atomic mass is 16.3. The molecule has 214 valence electrons. The molecule has 0 saturated carbocycles. The summed E-state index contributed by atoms with van der Waals surface area (Å²) in [4.78, 5) is 0. The highest BCUT2D eigenvalue weighted by Gasteiger charge is 2.24. The molecule has 0 radical (unpaired) electrons. The Bertz CT molecular complexity index is 2720. The minimum Gasteiger partial charge on any atom is -0.456 e. The average Bonchev–Trinajstić information content (AvgIpc) is 3.69. The van der Waals surface area contributed by atoms with Crippen molar-refractivity contribution in [2.75, 3.05) is 0 Å². The van der Waals surface area contributed by atoms with E-state index in [0.29, 0.717) is 0 Å². The molecule has 2 nitrogen and oxygen atoms in total. The third-order valence-corrected chi connectivity index (χ3v) is 9.47. The van der Waals surface area contributed by atoms with Gasteiger partial charge in [0.05, 0.1) is 5.39 Å². The van der Waals surface area contributed by atoms with Crippen molar-refractivity contribution in [3.8, 4) is 33.4 Å². The maximum Gasteiger partial charge on any atom is 0.147 e. The van der Waals surface area contributed by atoms with E-state index in [4.69, 9.17) is 8.83 Å². The van der Waals surface area contributed by atoms with Gasteiger partial charge in [0, 0.05) is 16.2 Å². The summed E-state index contributed by atoms with van der Waals surface area (Å²) in [6, 6.07) is 56.0. The molecule has 0 atom stereocenters. The van der Waals surface area contributed by atoms with Crippen LogP contribution in [0.1, 0.15) is 0 Å². The van der Waals surface area contributed by atoms with Gasteiger partial charge in [-0.3, -0.25) is 0 Å². The number of hydrogen-bond donors (Lipinski definition) is 0. The van der Waals surface area contributed by atoms with Crippen LogP contribution in [0.15, 0.2) is 167 Å². The van der Waals surface area contributed by atoms with Crippen molar-refractivity contribution in [3.63, 3.8) is 0 Å². The van der Waals surface area contributed by atoms with Crippen LogP contribution in [0.2, 0.25) is 0 Å². The van der Waals surface area contributed by atoms with E-state index in [1.807, 2.05) is 18.2 Å². The molecule has 8 aromatic carbocycles. The number of para-hydroxylation sites is 2. The summed E-state index contributed by atoms with van der Waals surface area (Å²) in [5.41, 5.74) is 10.6. The first kappa shape index (κ1) is 25.2. The maximum atomic E-state index is 6.70. The van der Waals surface area contributed by atoms with Crippen molar-refractivity contribution in [1.82, 2.24) is 0 Å². The summed E-state index contributed by atoms with van der Waals surface area (Å²) in [7, 11) is 0. The predicted octanol–water partition coefficient (Wildman–Crippen LogP) is 12.8. The van der Waals surface area contributed by atoms with Crippen LogP contribution in [0.3, 0.4) is 0 Å². The van der Waals surface area contributed by atoms with Gasteiger partial charge in [-0.15, -0.1) is 0 Å². The Morgan fingerprint density at radius 3 is 1.39 bits per heavy atom. The molecule has 0 unspecified atom stereocenters. The van der Waals surface area contributed by atoms with Gasteiger partial charge in [0.15, 0.2) is 0 Å². The SMILES string of the molecule is c1ccc(-c2ccc(-c3c4ccccc4c(-c4cc5oc6ccccc6c5c5oc6ccccc6c45)c4ccccc34)cc2)cc1. The van der Waals surface area contributed by atoms with Crippen LogP contribution < -0.4 is 0 Å². The molecule has 2 heteroatoms. The number of benzene rings is 8. The molecule has 0 aliphatic heterocycles. The highest BCUT2D eigenvalue weighted by molar-refractivity contribution is 6.30. The molecule has 10 aromatic rings. The Kier molecular flexibility index (Phi) is 5.31. The second kappa shape index (κ2) is 9.69. The van der Waals surface area contributed by atoms with Crippen LogP contribution in [-0.4, -0.2) is 0 Å². The average molecular weight is 587 g/mol. The lowest BCUT2D eigenvalue weighted by Crippen LogP contribution is -1.91. The summed E-state index contributed by atoms with van der Waals surface area (Å²) < 4.78 is 13.2. The van der Waals surface area contributed by atoms with E-state index in [1.54, 1.807) is 0 Å². The van der Waals surface area contributed by atoms with E-state index in [-0.39, 0.29) is 0 Å². The molecule has 0 spiro atoms. The first-order chi connectivity index (χ1) is 22.8. The van der Waals surface area contributed by atoms with Gasteiger partial charge in [-0.05, 0) is 73.1 Å². The van der Waals surface area contributed by atoms with Gasteiger partial charge in [0.25, 0.3) is 0 Å². The number of hydrogen-bond acceptors (Lipinski definition) is 2. The predicted molar refractivity (Wildman–Crippen MR) is 192 cm³/mol. The van der Waals surface area contributed by atoms with Crippen LogP contribution in [-0.2, 0) is 0 Å². The van der Waals surface area contributed by atoms with E-state index in [2.05, 4.69) is 140 Å². The molecule has 0 N–H and O–H groups in total. The Labute approximate surface area is 264 Å². The molecule has 0 aliphatic carbocycles. The smallest absolute Gasteiger partial charge is 0.147 e. The Hall–Kier alpha value is -6.12. The van der Waals surface area contributed by atoms with E-state index in [9.17, 15) is 0 Å². The molecule has 0 bridgehead atoms. The third kappa shape index (κ3) is 3.59. The fourth-order valence-electron chi connectivity index (χ4n) is 7.48. The number of rotatable bonds is 3. The molecular weight excluding hydrogens is 560 g/mol. The van der Waals surface area contributed by atoms with Gasteiger partial charge in [-0.2, -0.15) is 0 Å². The lowest BCUT2D eigenvalue weighted by Gasteiger charge is -2.18. The summed E-state index contributed by atoms with van der Waals surface area (Å²) in [6.45, 7) is 0. The Balaban J connectivity index is 1.33. The van der Waals surface area contributed by atoms with Gasteiger partial charge in [-0.25, -0.2) is 0 Å². The molecule has 0 fully saturated rings. The fourth-order valence-corrected chi connectivity index (χ4v) is 7.48. The van der Waals surface area contributed by atoms with Crippen molar-refractivity contribution >= 4 is 65.4 Å². The van der Waals surface area contributed by atoms with Crippen LogP contribution in [0.25, 0.3) is 98.8 Å². The number of fused-ring (bicyclic) bond motifs is 9. The van der Waals surface area contributed by atoms with Crippen LogP contribution in [0, 0.1) is 0 Å². The minimum atomic E-state index is 0.830. The van der Waals surface area contributed by atoms with Crippen molar-refractivity contribution in [3.05, 3.63) is 158 Å². The molecule has 46 heavy (non-hydrogen) atoms. The lowest BCUT2D eigenvalue weighted by molar-refractivity contribution is 0.663. The minimum absolute atomic E-state index is 0.830. The summed E-state index contributed by atoms with van der Waals surface area (Å²) >= 11 is 0. The molecule has 0 aliphatic rings. The zero-order valence-electron chi connectivity index (χ0n) is 24.8. The molecule has 2 aromatic heterocycles. The maximum absolute atomic E-state index is 6.70. The quantitative estimate of drug-likeness (QED) is 0.193. The monoisotopic (exact) mass is 586 g/mol. The molecular formula is C44H26O2. The summed E-state index contributed by atoms with van der Waals surface area (Å²) in [5, 5.41) is 9.14. The molecule has 10 rings (SSSR count). The largest absolute Gasteiger partial charge is 0.456 e. The van der Waals surface area contributed by atoms with Crippen molar-refractivity contribution in [2.45, 2.75) is 0 Å². The van der Waals surface area contributed by atoms with E-state index >= 15 is 0 Å². The number of furan rings is 2. The zero-order chi connectivity index (χ0) is 30.2.